The van der Waals surface area contributed by atoms with Crippen LogP contribution in [0.2, 0.25) is 5.28 Å². The Hall–Kier alpha value is -1.65. The molecule has 1 aromatic heterocycles. The van der Waals surface area contributed by atoms with E-state index in [0.29, 0.717) is 18.1 Å². The molecule has 1 heterocycles. The van der Waals surface area contributed by atoms with Crippen LogP contribution in [0.3, 0.4) is 0 Å². The van der Waals surface area contributed by atoms with Crippen LogP contribution in [0.1, 0.15) is 11.3 Å². The zero-order chi connectivity index (χ0) is 13.0. The molecule has 0 amide bonds. The van der Waals surface area contributed by atoms with Crippen molar-refractivity contribution < 1.29 is 9.84 Å². The van der Waals surface area contributed by atoms with E-state index in [1.54, 1.807) is 6.07 Å². The van der Waals surface area contributed by atoms with Gasteiger partial charge in [0.25, 0.3) is 0 Å². The van der Waals surface area contributed by atoms with Crippen LogP contribution in [0.25, 0.3) is 0 Å². The maximum Gasteiger partial charge on any atom is 0.225 e. The summed E-state index contributed by atoms with van der Waals surface area (Å²) in [6, 6.07) is 9.18. The first-order valence-corrected chi connectivity index (χ1v) is 5.94. The van der Waals surface area contributed by atoms with Crippen LogP contribution in [0.15, 0.2) is 30.3 Å². The summed E-state index contributed by atoms with van der Waals surface area (Å²) in [7, 11) is 0. The quantitative estimate of drug-likeness (QED) is 0.863. The van der Waals surface area contributed by atoms with Crippen molar-refractivity contribution in [1.29, 1.82) is 0 Å². The number of halogens is 1. The number of aryl methyl sites for hydroxylation is 1. The molecule has 0 atom stereocenters. The van der Waals surface area contributed by atoms with Crippen LogP contribution in [-0.4, -0.2) is 21.7 Å². The molecular formula is C13H13ClN2O2. The Morgan fingerprint density at radius 2 is 1.94 bits per heavy atom. The van der Waals surface area contributed by atoms with Crippen molar-refractivity contribution in [2.24, 2.45) is 0 Å². The number of hydrogen-bond acceptors (Lipinski definition) is 4. The summed E-state index contributed by atoms with van der Waals surface area (Å²) in [6.07, 6.45) is 0.638. The van der Waals surface area contributed by atoms with Gasteiger partial charge in [-0.1, -0.05) is 12.1 Å². The Morgan fingerprint density at radius 1 is 1.22 bits per heavy atom. The van der Waals surface area contributed by atoms with Gasteiger partial charge in [-0.2, -0.15) is 4.98 Å². The fourth-order valence-corrected chi connectivity index (χ4v) is 1.75. The molecule has 0 fully saturated rings. The molecule has 0 radical (unpaired) electrons. The Labute approximate surface area is 110 Å². The van der Waals surface area contributed by atoms with E-state index >= 15 is 0 Å². The highest BCUT2D eigenvalue weighted by atomic mass is 35.5. The average Bonchev–Trinajstić information content (AvgIpc) is 2.31. The Bertz CT molecular complexity index is 509. The highest BCUT2D eigenvalue weighted by Crippen LogP contribution is 2.21. The van der Waals surface area contributed by atoms with E-state index in [2.05, 4.69) is 9.97 Å². The summed E-state index contributed by atoms with van der Waals surface area (Å²) >= 11 is 5.75. The standard InChI is InChI=1S/C13H13ClN2O2/c1-9-8-12(16-13(14)15-9)18-11-4-2-10(3-5-11)6-7-17/h2-5,8,17H,6-7H2,1H3. The minimum Gasteiger partial charge on any atom is -0.439 e. The monoisotopic (exact) mass is 264 g/mol. The van der Waals surface area contributed by atoms with Crippen molar-refractivity contribution in [1.82, 2.24) is 9.97 Å². The molecule has 18 heavy (non-hydrogen) atoms. The molecule has 2 aromatic rings. The lowest BCUT2D eigenvalue weighted by molar-refractivity contribution is 0.299. The summed E-state index contributed by atoms with van der Waals surface area (Å²) in [5, 5.41) is 8.99. The van der Waals surface area contributed by atoms with Crippen LogP contribution in [0, 0.1) is 6.92 Å². The summed E-state index contributed by atoms with van der Waals surface area (Å²) in [6.45, 7) is 1.96. The van der Waals surface area contributed by atoms with E-state index in [4.69, 9.17) is 21.4 Å². The van der Waals surface area contributed by atoms with Crippen LogP contribution in [0.4, 0.5) is 0 Å². The zero-order valence-electron chi connectivity index (χ0n) is 9.93. The van der Waals surface area contributed by atoms with E-state index in [9.17, 15) is 0 Å². The van der Waals surface area contributed by atoms with Crippen molar-refractivity contribution >= 4 is 11.6 Å². The normalized spacial score (nSPS) is 10.4. The molecule has 0 aliphatic carbocycles. The Kier molecular flexibility index (Phi) is 4.12. The smallest absolute Gasteiger partial charge is 0.225 e. The molecule has 1 N–H and O–H groups in total. The second-order valence-corrected chi connectivity index (χ2v) is 4.17. The second-order valence-electron chi connectivity index (χ2n) is 3.84. The minimum absolute atomic E-state index is 0.140. The van der Waals surface area contributed by atoms with Crippen LogP contribution in [-0.2, 0) is 6.42 Å². The second kappa shape index (κ2) is 5.80. The number of hydrogen-bond donors (Lipinski definition) is 1. The maximum atomic E-state index is 8.82. The third kappa shape index (κ3) is 3.42. The van der Waals surface area contributed by atoms with Crippen LogP contribution in [0.5, 0.6) is 11.6 Å². The first-order valence-electron chi connectivity index (χ1n) is 5.56. The molecule has 0 bridgehead atoms. The van der Waals surface area contributed by atoms with E-state index in [-0.39, 0.29) is 11.9 Å². The third-order valence-electron chi connectivity index (χ3n) is 2.35. The highest BCUT2D eigenvalue weighted by Gasteiger charge is 2.03. The fourth-order valence-electron chi connectivity index (χ4n) is 1.53. The van der Waals surface area contributed by atoms with Gasteiger partial charge in [-0.3, -0.25) is 0 Å². The maximum absolute atomic E-state index is 8.82. The number of rotatable bonds is 4. The van der Waals surface area contributed by atoms with E-state index in [0.717, 1.165) is 11.3 Å². The predicted molar refractivity (Wildman–Crippen MR) is 69.1 cm³/mol. The molecule has 0 aliphatic heterocycles. The number of aliphatic hydroxyl groups excluding tert-OH is 1. The molecule has 4 nitrogen and oxygen atoms in total. The van der Waals surface area contributed by atoms with Gasteiger partial charge >= 0.3 is 0 Å². The average molecular weight is 265 g/mol. The van der Waals surface area contributed by atoms with E-state index in [1.165, 1.54) is 0 Å². The predicted octanol–water partition coefficient (Wildman–Crippen LogP) is 2.77. The number of ether oxygens (including phenoxy) is 1. The van der Waals surface area contributed by atoms with Crippen molar-refractivity contribution in [3.63, 3.8) is 0 Å². The summed E-state index contributed by atoms with van der Waals surface area (Å²) in [5.74, 6) is 1.09. The first-order chi connectivity index (χ1) is 8.67. The van der Waals surface area contributed by atoms with Gasteiger partial charge in [0.15, 0.2) is 0 Å². The van der Waals surface area contributed by atoms with Crippen LogP contribution < -0.4 is 4.74 Å². The van der Waals surface area contributed by atoms with E-state index in [1.807, 2.05) is 31.2 Å². The van der Waals surface area contributed by atoms with Gasteiger partial charge in [-0.05, 0) is 42.6 Å². The summed E-state index contributed by atoms with van der Waals surface area (Å²) < 4.78 is 5.58. The zero-order valence-corrected chi connectivity index (χ0v) is 10.7. The van der Waals surface area contributed by atoms with Crippen molar-refractivity contribution in [3.8, 4) is 11.6 Å². The highest BCUT2D eigenvalue weighted by molar-refractivity contribution is 6.28. The molecule has 0 spiro atoms. The number of nitrogens with zero attached hydrogens (tertiary/aromatic N) is 2. The number of aliphatic hydroxyl groups is 1. The van der Waals surface area contributed by atoms with Gasteiger partial charge < -0.3 is 9.84 Å². The van der Waals surface area contributed by atoms with Crippen molar-refractivity contribution in [2.45, 2.75) is 13.3 Å². The van der Waals surface area contributed by atoms with Gasteiger partial charge in [-0.25, -0.2) is 4.98 Å². The minimum atomic E-state index is 0.140. The van der Waals surface area contributed by atoms with Crippen molar-refractivity contribution in [2.75, 3.05) is 6.61 Å². The third-order valence-corrected chi connectivity index (χ3v) is 2.52. The lowest BCUT2D eigenvalue weighted by atomic mass is 10.1. The lowest BCUT2D eigenvalue weighted by Gasteiger charge is -2.06. The lowest BCUT2D eigenvalue weighted by Crippen LogP contribution is -1.93. The molecule has 5 heteroatoms. The molecule has 0 unspecified atom stereocenters. The number of aromatic nitrogens is 2. The van der Waals surface area contributed by atoms with Crippen molar-refractivity contribution in [3.05, 3.63) is 46.9 Å². The molecule has 0 aliphatic rings. The van der Waals surface area contributed by atoms with Gasteiger partial charge in [0.05, 0.1) is 0 Å². The van der Waals surface area contributed by atoms with Gasteiger partial charge in [-0.15, -0.1) is 0 Å². The summed E-state index contributed by atoms with van der Waals surface area (Å²) in [5.41, 5.74) is 1.81. The Balaban J connectivity index is 2.13. The van der Waals surface area contributed by atoms with Gasteiger partial charge in [0.1, 0.15) is 5.75 Å². The van der Waals surface area contributed by atoms with Gasteiger partial charge in [0.2, 0.25) is 11.2 Å². The molecule has 1 aromatic carbocycles. The largest absolute Gasteiger partial charge is 0.439 e. The molecule has 0 saturated heterocycles. The Morgan fingerprint density at radius 3 is 2.56 bits per heavy atom. The van der Waals surface area contributed by atoms with Gasteiger partial charge in [0, 0.05) is 18.4 Å². The molecule has 94 valence electrons. The van der Waals surface area contributed by atoms with Crippen LogP contribution >= 0.6 is 11.6 Å². The fraction of sp³-hybridized carbons (Fsp3) is 0.231. The van der Waals surface area contributed by atoms with E-state index < -0.39 is 0 Å². The topological polar surface area (TPSA) is 55.2 Å². The molecular weight excluding hydrogens is 252 g/mol. The molecule has 0 saturated carbocycles. The first kappa shape index (κ1) is 12.8. The SMILES string of the molecule is Cc1cc(Oc2ccc(CCO)cc2)nc(Cl)n1. The number of benzene rings is 1. The molecule has 2 rings (SSSR count). The summed E-state index contributed by atoms with van der Waals surface area (Å²) in [4.78, 5) is 7.94.